The van der Waals surface area contributed by atoms with Crippen LogP contribution in [0.3, 0.4) is 0 Å². The maximum atomic E-state index is 6.01. The Bertz CT molecular complexity index is 321. The van der Waals surface area contributed by atoms with Gasteiger partial charge in [-0.2, -0.15) is 0 Å². The van der Waals surface area contributed by atoms with Gasteiger partial charge in [-0.05, 0) is 37.1 Å². The van der Waals surface area contributed by atoms with E-state index in [1.54, 1.807) is 0 Å². The third-order valence-electron chi connectivity index (χ3n) is 2.52. The van der Waals surface area contributed by atoms with E-state index < -0.39 is 8.80 Å². The number of hydrogen-bond acceptors (Lipinski definition) is 2. The molecule has 0 radical (unpaired) electrons. The summed E-state index contributed by atoms with van der Waals surface area (Å²) in [5.74, 6) is 0.952. The highest BCUT2D eigenvalue weighted by Crippen LogP contribution is 2.18. The molecule has 0 aliphatic heterocycles. The topological polar surface area (TPSA) is 9.23 Å². The minimum absolute atomic E-state index is 0.392. The lowest BCUT2D eigenvalue weighted by atomic mass is 10.3. The fourth-order valence-electron chi connectivity index (χ4n) is 1.51. The van der Waals surface area contributed by atoms with Crippen molar-refractivity contribution in [2.24, 2.45) is 0 Å². The predicted molar refractivity (Wildman–Crippen MR) is 76.4 cm³/mol. The van der Waals surface area contributed by atoms with Gasteiger partial charge >= 0.3 is 0 Å². The molecule has 0 saturated carbocycles. The van der Waals surface area contributed by atoms with Crippen molar-refractivity contribution in [2.45, 2.75) is 36.6 Å². The zero-order valence-corrected chi connectivity index (χ0v) is 12.1. The Hall–Kier alpha value is -0.673. The van der Waals surface area contributed by atoms with E-state index in [-0.39, 0.29) is 0 Å². The van der Waals surface area contributed by atoms with Crippen LogP contribution in [0.15, 0.2) is 41.8 Å². The van der Waals surface area contributed by atoms with E-state index in [0.717, 1.165) is 23.5 Å². The second kappa shape index (κ2) is 6.81. The standard InChI is InChI=1S/C13H20OSSi/c1-4-5-6-13(16(2)3)14-11-7-9-12(15)10-8-11/h4,7-10,13,15-16H,1,5-6H2,2-3H3. The lowest BCUT2D eigenvalue weighted by Gasteiger charge is -2.21. The Morgan fingerprint density at radius 2 is 2.00 bits per heavy atom. The van der Waals surface area contributed by atoms with Crippen LogP contribution < -0.4 is 4.74 Å². The van der Waals surface area contributed by atoms with E-state index in [1.807, 2.05) is 30.3 Å². The Morgan fingerprint density at radius 1 is 1.38 bits per heavy atom. The number of allylic oxidation sites excluding steroid dienone is 1. The summed E-state index contributed by atoms with van der Waals surface area (Å²) in [6.45, 7) is 8.40. The van der Waals surface area contributed by atoms with Crippen LogP contribution in [0.25, 0.3) is 0 Å². The first-order valence-electron chi connectivity index (χ1n) is 5.70. The molecule has 16 heavy (non-hydrogen) atoms. The summed E-state index contributed by atoms with van der Waals surface area (Å²) in [7, 11) is -0.788. The van der Waals surface area contributed by atoms with Crippen molar-refractivity contribution >= 4 is 21.4 Å². The van der Waals surface area contributed by atoms with E-state index in [2.05, 4.69) is 32.3 Å². The molecule has 1 atom stereocenters. The molecule has 0 amide bonds. The van der Waals surface area contributed by atoms with Crippen molar-refractivity contribution in [3.8, 4) is 5.75 Å². The van der Waals surface area contributed by atoms with E-state index in [0.29, 0.717) is 5.73 Å². The second-order valence-corrected chi connectivity index (χ2v) is 8.01. The van der Waals surface area contributed by atoms with Gasteiger partial charge in [0, 0.05) is 4.90 Å². The second-order valence-electron chi connectivity index (χ2n) is 4.26. The van der Waals surface area contributed by atoms with Crippen LogP contribution in [-0.4, -0.2) is 14.5 Å². The number of rotatable bonds is 6. The molecule has 0 saturated heterocycles. The zero-order valence-electron chi connectivity index (χ0n) is 10.0. The highest BCUT2D eigenvalue weighted by Gasteiger charge is 2.15. The molecule has 1 aromatic rings. The molecule has 0 N–H and O–H groups in total. The fraction of sp³-hybridized carbons (Fsp3) is 0.385. The third-order valence-corrected chi connectivity index (χ3v) is 4.78. The molecule has 1 unspecified atom stereocenters. The van der Waals surface area contributed by atoms with Crippen LogP contribution in [-0.2, 0) is 0 Å². The van der Waals surface area contributed by atoms with Gasteiger partial charge in [-0.1, -0.05) is 19.2 Å². The van der Waals surface area contributed by atoms with Gasteiger partial charge in [0.25, 0.3) is 0 Å². The molecule has 0 heterocycles. The minimum atomic E-state index is -0.788. The monoisotopic (exact) mass is 252 g/mol. The van der Waals surface area contributed by atoms with Crippen LogP contribution in [0.4, 0.5) is 0 Å². The number of ether oxygens (including phenoxy) is 1. The molecule has 0 bridgehead atoms. The van der Waals surface area contributed by atoms with Gasteiger partial charge in [0.05, 0.1) is 14.5 Å². The number of thiol groups is 1. The molecular formula is C13H20OSSi. The first-order valence-corrected chi connectivity index (χ1v) is 9.12. The van der Waals surface area contributed by atoms with E-state index in [4.69, 9.17) is 4.74 Å². The van der Waals surface area contributed by atoms with Gasteiger partial charge in [0.15, 0.2) is 0 Å². The Kier molecular flexibility index (Phi) is 5.70. The van der Waals surface area contributed by atoms with Crippen molar-refractivity contribution in [1.29, 1.82) is 0 Å². The lowest BCUT2D eigenvalue weighted by Crippen LogP contribution is -2.30. The quantitative estimate of drug-likeness (QED) is 0.461. The van der Waals surface area contributed by atoms with Crippen LogP contribution in [0.2, 0.25) is 13.1 Å². The van der Waals surface area contributed by atoms with Gasteiger partial charge in [0.2, 0.25) is 0 Å². The van der Waals surface area contributed by atoms with Crippen molar-refractivity contribution in [2.75, 3.05) is 0 Å². The Labute approximate surface area is 106 Å². The smallest absolute Gasteiger partial charge is 0.119 e. The maximum absolute atomic E-state index is 6.01. The largest absolute Gasteiger partial charge is 0.494 e. The normalized spacial score (nSPS) is 12.5. The minimum Gasteiger partial charge on any atom is -0.494 e. The van der Waals surface area contributed by atoms with Crippen LogP contribution in [0, 0.1) is 0 Å². The molecule has 3 heteroatoms. The van der Waals surface area contributed by atoms with Gasteiger partial charge in [-0.15, -0.1) is 19.2 Å². The molecule has 1 nitrogen and oxygen atoms in total. The summed E-state index contributed by atoms with van der Waals surface area (Å²) in [4.78, 5) is 0.969. The van der Waals surface area contributed by atoms with Crippen molar-refractivity contribution in [3.63, 3.8) is 0 Å². The molecular weight excluding hydrogens is 232 g/mol. The first kappa shape index (κ1) is 13.4. The Morgan fingerprint density at radius 3 is 2.50 bits per heavy atom. The third kappa shape index (κ3) is 4.45. The molecule has 88 valence electrons. The average molecular weight is 252 g/mol. The summed E-state index contributed by atoms with van der Waals surface area (Å²) in [6, 6.07) is 7.90. The maximum Gasteiger partial charge on any atom is 0.119 e. The highest BCUT2D eigenvalue weighted by molar-refractivity contribution is 7.80. The average Bonchev–Trinajstić information content (AvgIpc) is 2.26. The van der Waals surface area contributed by atoms with Crippen molar-refractivity contribution in [3.05, 3.63) is 36.9 Å². The van der Waals surface area contributed by atoms with Crippen LogP contribution >= 0.6 is 12.6 Å². The molecule has 1 rings (SSSR count). The van der Waals surface area contributed by atoms with Crippen molar-refractivity contribution in [1.82, 2.24) is 0 Å². The van der Waals surface area contributed by atoms with Gasteiger partial charge in [0.1, 0.15) is 5.75 Å². The first-order chi connectivity index (χ1) is 7.63. The molecule has 0 fully saturated rings. The highest BCUT2D eigenvalue weighted by atomic mass is 32.1. The summed E-state index contributed by atoms with van der Waals surface area (Å²) >= 11 is 4.26. The van der Waals surface area contributed by atoms with Gasteiger partial charge in [-0.3, -0.25) is 0 Å². The van der Waals surface area contributed by atoms with Crippen molar-refractivity contribution < 1.29 is 4.74 Å². The SMILES string of the molecule is C=CCCC(Oc1ccc(S)cc1)[SiH](C)C. The zero-order chi connectivity index (χ0) is 12.0. The fourth-order valence-corrected chi connectivity index (χ4v) is 2.95. The van der Waals surface area contributed by atoms with E-state index in [1.165, 1.54) is 0 Å². The van der Waals surface area contributed by atoms with Crippen LogP contribution in [0.1, 0.15) is 12.8 Å². The van der Waals surface area contributed by atoms with Gasteiger partial charge in [-0.25, -0.2) is 0 Å². The Balaban J connectivity index is 2.60. The summed E-state index contributed by atoms with van der Waals surface area (Å²) < 4.78 is 6.01. The molecule has 0 spiro atoms. The number of benzene rings is 1. The van der Waals surface area contributed by atoms with E-state index in [9.17, 15) is 0 Å². The molecule has 0 aliphatic rings. The lowest BCUT2D eigenvalue weighted by molar-refractivity contribution is 0.264. The number of hydrogen-bond donors (Lipinski definition) is 1. The molecule has 0 aromatic heterocycles. The summed E-state index contributed by atoms with van der Waals surface area (Å²) in [5, 5.41) is 0. The molecule has 1 aromatic carbocycles. The van der Waals surface area contributed by atoms with E-state index >= 15 is 0 Å². The van der Waals surface area contributed by atoms with Gasteiger partial charge < -0.3 is 4.74 Å². The summed E-state index contributed by atoms with van der Waals surface area (Å²) in [6.07, 6.45) is 4.07. The predicted octanol–water partition coefficient (Wildman–Crippen LogP) is 3.71. The summed E-state index contributed by atoms with van der Waals surface area (Å²) in [5.41, 5.74) is 0.392. The molecule has 0 aliphatic carbocycles. The van der Waals surface area contributed by atoms with Crippen LogP contribution in [0.5, 0.6) is 5.75 Å².